The zero-order valence-electron chi connectivity index (χ0n) is 10.1. The Morgan fingerprint density at radius 3 is 2.75 bits per heavy atom. The normalized spacial score (nSPS) is 14.1. The standard InChI is InChI=1S/C10H19BrN4O/c1-5-15-8(7(11)6-13-15)9(14-12)10(2,3)16-4/h6,9,14H,5,12H2,1-4H3. The first-order valence-corrected chi connectivity index (χ1v) is 5.99. The maximum Gasteiger partial charge on any atom is 0.0924 e. The van der Waals surface area contributed by atoms with E-state index in [1.165, 1.54) is 0 Å². The van der Waals surface area contributed by atoms with Gasteiger partial charge in [-0.15, -0.1) is 0 Å². The molecule has 0 saturated carbocycles. The average molecular weight is 291 g/mol. The Kier molecular flexibility index (Phi) is 4.49. The zero-order valence-corrected chi connectivity index (χ0v) is 11.7. The molecule has 0 aliphatic carbocycles. The Morgan fingerprint density at radius 2 is 2.31 bits per heavy atom. The number of aromatic nitrogens is 2. The van der Waals surface area contributed by atoms with E-state index in [0.717, 1.165) is 16.7 Å². The maximum atomic E-state index is 5.63. The third kappa shape index (κ3) is 2.45. The van der Waals surface area contributed by atoms with Crippen LogP contribution >= 0.6 is 15.9 Å². The molecule has 6 heteroatoms. The summed E-state index contributed by atoms with van der Waals surface area (Å²) < 4.78 is 8.30. The van der Waals surface area contributed by atoms with Crippen LogP contribution in [0.1, 0.15) is 32.5 Å². The van der Waals surface area contributed by atoms with Crippen LogP contribution in [0.5, 0.6) is 0 Å². The molecule has 1 rings (SSSR count). The van der Waals surface area contributed by atoms with Gasteiger partial charge in [-0.25, -0.2) is 5.43 Å². The third-order valence-corrected chi connectivity index (χ3v) is 3.41. The van der Waals surface area contributed by atoms with Crippen LogP contribution in [0.4, 0.5) is 0 Å². The lowest BCUT2D eigenvalue weighted by Crippen LogP contribution is -2.45. The molecule has 92 valence electrons. The topological polar surface area (TPSA) is 65.1 Å². The molecule has 0 saturated heterocycles. The highest BCUT2D eigenvalue weighted by Gasteiger charge is 2.33. The predicted molar refractivity (Wildman–Crippen MR) is 66.8 cm³/mol. The highest BCUT2D eigenvalue weighted by atomic mass is 79.9. The number of hydrogen-bond donors (Lipinski definition) is 2. The number of halogens is 1. The summed E-state index contributed by atoms with van der Waals surface area (Å²) in [7, 11) is 1.67. The summed E-state index contributed by atoms with van der Waals surface area (Å²) in [6, 6.07) is -0.130. The second-order valence-electron chi connectivity index (χ2n) is 4.10. The van der Waals surface area contributed by atoms with Crippen LogP contribution in [0, 0.1) is 0 Å². The van der Waals surface area contributed by atoms with Crippen molar-refractivity contribution in [2.75, 3.05) is 7.11 Å². The van der Waals surface area contributed by atoms with Crippen LogP contribution < -0.4 is 11.3 Å². The third-order valence-electron chi connectivity index (χ3n) is 2.79. The lowest BCUT2D eigenvalue weighted by Gasteiger charge is -2.33. The van der Waals surface area contributed by atoms with Crippen LogP contribution in [0.25, 0.3) is 0 Å². The minimum atomic E-state index is -0.412. The first-order valence-electron chi connectivity index (χ1n) is 5.20. The summed E-state index contributed by atoms with van der Waals surface area (Å²) in [6.45, 7) is 6.79. The highest BCUT2D eigenvalue weighted by Crippen LogP contribution is 2.32. The van der Waals surface area contributed by atoms with E-state index in [-0.39, 0.29) is 6.04 Å². The van der Waals surface area contributed by atoms with Crippen LogP contribution in [0.15, 0.2) is 10.7 Å². The molecular formula is C10H19BrN4O. The predicted octanol–water partition coefficient (Wildman–Crippen LogP) is 1.59. The smallest absolute Gasteiger partial charge is 0.0924 e. The summed E-state index contributed by atoms with van der Waals surface area (Å²) in [5, 5.41) is 4.27. The molecule has 1 atom stereocenters. The van der Waals surface area contributed by atoms with Gasteiger partial charge >= 0.3 is 0 Å². The lowest BCUT2D eigenvalue weighted by atomic mass is 9.96. The fourth-order valence-corrected chi connectivity index (χ4v) is 2.16. The molecule has 0 spiro atoms. The van der Waals surface area contributed by atoms with E-state index in [2.05, 4.69) is 26.5 Å². The van der Waals surface area contributed by atoms with Crippen LogP contribution in [-0.2, 0) is 11.3 Å². The largest absolute Gasteiger partial charge is 0.377 e. The average Bonchev–Trinajstić information content (AvgIpc) is 2.61. The molecule has 0 aromatic carbocycles. The fourth-order valence-electron chi connectivity index (χ4n) is 1.64. The summed E-state index contributed by atoms with van der Waals surface area (Å²) in [5.74, 6) is 5.63. The second-order valence-corrected chi connectivity index (χ2v) is 4.96. The van der Waals surface area contributed by atoms with E-state index in [9.17, 15) is 0 Å². The Labute approximate surface area is 104 Å². The maximum absolute atomic E-state index is 5.63. The van der Waals surface area contributed by atoms with Crippen LogP contribution in [-0.4, -0.2) is 22.5 Å². The van der Waals surface area contributed by atoms with E-state index in [1.807, 2.05) is 25.5 Å². The number of hydrogen-bond acceptors (Lipinski definition) is 4. The number of nitrogens with one attached hydrogen (secondary N) is 1. The molecule has 0 bridgehead atoms. The monoisotopic (exact) mass is 290 g/mol. The minimum absolute atomic E-state index is 0.130. The molecule has 0 fully saturated rings. The van der Waals surface area contributed by atoms with Gasteiger partial charge in [0, 0.05) is 13.7 Å². The molecular weight excluding hydrogens is 272 g/mol. The fraction of sp³-hybridized carbons (Fsp3) is 0.700. The van der Waals surface area contributed by atoms with Crippen LogP contribution in [0.3, 0.4) is 0 Å². The van der Waals surface area contributed by atoms with Crippen molar-refractivity contribution in [3.05, 3.63) is 16.4 Å². The Bertz CT molecular complexity index is 351. The van der Waals surface area contributed by atoms with Gasteiger partial charge in [0.15, 0.2) is 0 Å². The summed E-state index contributed by atoms with van der Waals surface area (Å²) in [6.07, 6.45) is 1.77. The summed E-state index contributed by atoms with van der Waals surface area (Å²) >= 11 is 3.49. The molecule has 16 heavy (non-hydrogen) atoms. The molecule has 0 amide bonds. The van der Waals surface area contributed by atoms with Gasteiger partial charge in [0.2, 0.25) is 0 Å². The number of nitrogens with zero attached hydrogens (tertiary/aromatic N) is 2. The SMILES string of the molecule is CCn1ncc(Br)c1C(NN)C(C)(C)OC. The number of ether oxygens (including phenoxy) is 1. The van der Waals surface area contributed by atoms with Crippen molar-refractivity contribution in [3.63, 3.8) is 0 Å². The van der Waals surface area contributed by atoms with Crippen molar-refractivity contribution in [3.8, 4) is 0 Å². The molecule has 0 radical (unpaired) electrons. The van der Waals surface area contributed by atoms with Crippen molar-refractivity contribution in [2.24, 2.45) is 5.84 Å². The van der Waals surface area contributed by atoms with Gasteiger partial charge in [0.05, 0.1) is 28.0 Å². The number of aryl methyl sites for hydroxylation is 1. The molecule has 5 nitrogen and oxygen atoms in total. The van der Waals surface area contributed by atoms with Crippen LogP contribution in [0.2, 0.25) is 0 Å². The number of hydrazine groups is 1. The van der Waals surface area contributed by atoms with E-state index < -0.39 is 5.60 Å². The molecule has 1 heterocycles. The highest BCUT2D eigenvalue weighted by molar-refractivity contribution is 9.10. The number of nitrogens with two attached hydrogens (primary N) is 1. The molecule has 3 N–H and O–H groups in total. The van der Waals surface area contributed by atoms with Gasteiger partial charge in [0.25, 0.3) is 0 Å². The van der Waals surface area contributed by atoms with E-state index in [1.54, 1.807) is 13.3 Å². The van der Waals surface area contributed by atoms with Crippen molar-refractivity contribution in [1.29, 1.82) is 0 Å². The summed E-state index contributed by atoms with van der Waals surface area (Å²) in [5.41, 5.74) is 3.38. The number of methoxy groups -OCH3 is 1. The molecule has 0 aliphatic rings. The number of rotatable bonds is 5. The van der Waals surface area contributed by atoms with E-state index in [0.29, 0.717) is 0 Å². The van der Waals surface area contributed by atoms with Gasteiger partial charge in [-0.1, -0.05) is 0 Å². The van der Waals surface area contributed by atoms with Crippen molar-refractivity contribution >= 4 is 15.9 Å². The quantitative estimate of drug-likeness (QED) is 0.639. The molecule has 0 aliphatic heterocycles. The van der Waals surface area contributed by atoms with E-state index in [4.69, 9.17) is 10.6 Å². The molecule has 1 aromatic rings. The van der Waals surface area contributed by atoms with E-state index >= 15 is 0 Å². The lowest BCUT2D eigenvalue weighted by molar-refractivity contribution is -0.0137. The Morgan fingerprint density at radius 1 is 1.69 bits per heavy atom. The van der Waals surface area contributed by atoms with Gasteiger partial charge in [-0.3, -0.25) is 10.5 Å². The van der Waals surface area contributed by atoms with Gasteiger partial charge in [-0.05, 0) is 36.7 Å². The van der Waals surface area contributed by atoms with Gasteiger partial charge in [-0.2, -0.15) is 5.10 Å². The first kappa shape index (κ1) is 13.6. The Hall–Kier alpha value is -0.430. The summed E-state index contributed by atoms with van der Waals surface area (Å²) in [4.78, 5) is 0. The first-order chi connectivity index (χ1) is 7.47. The minimum Gasteiger partial charge on any atom is -0.377 e. The van der Waals surface area contributed by atoms with Crippen molar-refractivity contribution in [2.45, 2.75) is 39.0 Å². The molecule has 1 aromatic heterocycles. The van der Waals surface area contributed by atoms with Crippen molar-refractivity contribution < 1.29 is 4.74 Å². The van der Waals surface area contributed by atoms with Gasteiger partial charge < -0.3 is 4.74 Å². The molecule has 1 unspecified atom stereocenters. The Balaban J connectivity index is 3.17. The second kappa shape index (κ2) is 5.27. The van der Waals surface area contributed by atoms with Gasteiger partial charge in [0.1, 0.15) is 0 Å². The van der Waals surface area contributed by atoms with Crippen molar-refractivity contribution in [1.82, 2.24) is 15.2 Å². The zero-order chi connectivity index (χ0) is 12.3.